The molecule has 0 saturated heterocycles. The highest BCUT2D eigenvalue weighted by atomic mass is 16.5. The lowest BCUT2D eigenvalue weighted by Crippen LogP contribution is -2.09. The molecular formula is C21H21NO4. The van der Waals surface area contributed by atoms with E-state index in [-0.39, 0.29) is 12.6 Å². The van der Waals surface area contributed by atoms with E-state index in [1.54, 1.807) is 12.1 Å². The highest BCUT2D eigenvalue weighted by Gasteiger charge is 2.18. The van der Waals surface area contributed by atoms with Crippen LogP contribution in [0.15, 0.2) is 59.3 Å². The molecule has 0 fully saturated rings. The maximum Gasteiger partial charge on any atom is 0.334 e. The first-order valence-corrected chi connectivity index (χ1v) is 8.50. The summed E-state index contributed by atoms with van der Waals surface area (Å²) in [4.78, 5) is 22.5. The Kier molecular flexibility index (Phi) is 5.37. The number of ether oxygens (including phenoxy) is 2. The number of benzene rings is 1. The van der Waals surface area contributed by atoms with E-state index in [1.807, 2.05) is 37.3 Å². The van der Waals surface area contributed by atoms with Gasteiger partial charge in [0.1, 0.15) is 12.4 Å². The standard InChI is InChI=1S/C21H21NO4/c1-14-4-6-15(7-5-14)21(24)25-10-2-3-19-18-9-8-17(26-13-23)11-16(18)12-20(19)22/h2-4,6,8-9,11,13H,5,7,10,12,22H2,1H3/b3-2-. The molecular weight excluding hydrogens is 330 g/mol. The van der Waals surface area contributed by atoms with Gasteiger partial charge in [-0.3, -0.25) is 4.79 Å². The van der Waals surface area contributed by atoms with Crippen LogP contribution in [-0.2, 0) is 20.7 Å². The first-order valence-electron chi connectivity index (χ1n) is 8.50. The van der Waals surface area contributed by atoms with E-state index in [0.29, 0.717) is 24.2 Å². The summed E-state index contributed by atoms with van der Waals surface area (Å²) in [5.41, 5.74) is 11.7. The number of hydrogen-bond donors (Lipinski definition) is 1. The van der Waals surface area contributed by atoms with Gasteiger partial charge in [-0.2, -0.15) is 0 Å². The Bertz CT molecular complexity index is 859. The molecule has 0 spiro atoms. The third kappa shape index (κ3) is 3.94. The monoisotopic (exact) mass is 351 g/mol. The van der Waals surface area contributed by atoms with E-state index in [0.717, 1.165) is 35.2 Å². The molecule has 0 saturated carbocycles. The maximum atomic E-state index is 12.0. The van der Waals surface area contributed by atoms with Crippen molar-refractivity contribution in [1.82, 2.24) is 0 Å². The summed E-state index contributed by atoms with van der Waals surface area (Å²) in [5.74, 6) is 0.221. The summed E-state index contributed by atoms with van der Waals surface area (Å²) in [6.45, 7) is 2.64. The van der Waals surface area contributed by atoms with Crippen molar-refractivity contribution in [3.05, 3.63) is 70.5 Å². The molecule has 3 rings (SSSR count). The van der Waals surface area contributed by atoms with Crippen molar-refractivity contribution >= 4 is 18.0 Å². The van der Waals surface area contributed by atoms with Crippen LogP contribution in [0.1, 0.15) is 30.9 Å². The van der Waals surface area contributed by atoms with Gasteiger partial charge >= 0.3 is 5.97 Å². The van der Waals surface area contributed by atoms with Gasteiger partial charge in [-0.1, -0.05) is 29.9 Å². The SMILES string of the molecule is CC1=CC=C(C(=O)OC/C=C\C2=C(N)Cc3cc(OC=O)ccc32)CC1. The summed E-state index contributed by atoms with van der Waals surface area (Å²) in [7, 11) is 0. The summed E-state index contributed by atoms with van der Waals surface area (Å²) < 4.78 is 10.2. The van der Waals surface area contributed by atoms with E-state index in [2.05, 4.69) is 0 Å². The molecule has 0 amide bonds. The molecule has 0 bridgehead atoms. The van der Waals surface area contributed by atoms with Gasteiger partial charge in [-0.05, 0) is 49.1 Å². The van der Waals surface area contributed by atoms with Gasteiger partial charge in [-0.15, -0.1) is 0 Å². The minimum atomic E-state index is -0.275. The van der Waals surface area contributed by atoms with Gasteiger partial charge in [0, 0.05) is 23.3 Å². The lowest BCUT2D eigenvalue weighted by atomic mass is 10.00. The molecule has 0 radical (unpaired) electrons. The van der Waals surface area contributed by atoms with Crippen molar-refractivity contribution in [3.63, 3.8) is 0 Å². The fourth-order valence-corrected chi connectivity index (χ4v) is 3.07. The number of rotatable bonds is 6. The van der Waals surface area contributed by atoms with Crippen LogP contribution in [0.5, 0.6) is 5.75 Å². The van der Waals surface area contributed by atoms with Crippen LogP contribution in [0.2, 0.25) is 0 Å². The van der Waals surface area contributed by atoms with Gasteiger partial charge in [0.05, 0.1) is 0 Å². The van der Waals surface area contributed by atoms with Crippen molar-refractivity contribution < 1.29 is 19.1 Å². The Morgan fingerprint density at radius 2 is 2.12 bits per heavy atom. The lowest BCUT2D eigenvalue weighted by molar-refractivity contribution is -0.138. The first-order chi connectivity index (χ1) is 12.6. The first kappa shape index (κ1) is 17.7. The van der Waals surface area contributed by atoms with Gasteiger partial charge < -0.3 is 15.2 Å². The van der Waals surface area contributed by atoms with Crippen LogP contribution >= 0.6 is 0 Å². The minimum Gasteiger partial charge on any atom is -0.458 e. The molecule has 2 aliphatic carbocycles. The molecule has 1 aromatic carbocycles. The highest BCUT2D eigenvalue weighted by Crippen LogP contribution is 2.33. The lowest BCUT2D eigenvalue weighted by Gasteiger charge is -2.10. The molecule has 1 aromatic rings. The molecule has 0 heterocycles. The fraction of sp³-hybridized carbons (Fsp3) is 0.238. The number of allylic oxidation sites excluding steroid dienone is 6. The van der Waals surface area contributed by atoms with Gasteiger partial charge in [0.2, 0.25) is 0 Å². The third-order valence-corrected chi connectivity index (χ3v) is 4.49. The second kappa shape index (κ2) is 7.87. The summed E-state index contributed by atoms with van der Waals surface area (Å²) in [6.07, 6.45) is 9.67. The van der Waals surface area contributed by atoms with Crippen LogP contribution in [0.4, 0.5) is 0 Å². The molecule has 0 atom stereocenters. The predicted molar refractivity (Wildman–Crippen MR) is 99.1 cm³/mol. The maximum absolute atomic E-state index is 12.0. The molecule has 0 aliphatic heterocycles. The number of carbonyl (C=O) groups is 2. The quantitative estimate of drug-likeness (QED) is 0.629. The topological polar surface area (TPSA) is 78.6 Å². The molecule has 0 aromatic heterocycles. The second-order valence-electron chi connectivity index (χ2n) is 6.35. The summed E-state index contributed by atoms with van der Waals surface area (Å²) >= 11 is 0. The second-order valence-corrected chi connectivity index (χ2v) is 6.35. The minimum absolute atomic E-state index is 0.192. The molecule has 0 unspecified atom stereocenters. The zero-order valence-electron chi connectivity index (χ0n) is 14.7. The van der Waals surface area contributed by atoms with Crippen LogP contribution in [0, 0.1) is 0 Å². The molecule has 5 nitrogen and oxygen atoms in total. The van der Waals surface area contributed by atoms with Gasteiger partial charge in [0.25, 0.3) is 6.47 Å². The molecule has 2 aliphatic rings. The van der Waals surface area contributed by atoms with E-state index in [9.17, 15) is 9.59 Å². The number of esters is 1. The van der Waals surface area contributed by atoms with Crippen LogP contribution in [0.3, 0.4) is 0 Å². The van der Waals surface area contributed by atoms with Gasteiger partial charge in [0.15, 0.2) is 0 Å². The average Bonchev–Trinajstić information content (AvgIpc) is 2.94. The van der Waals surface area contributed by atoms with Crippen LogP contribution < -0.4 is 10.5 Å². The van der Waals surface area contributed by atoms with Crippen molar-refractivity contribution in [3.8, 4) is 5.75 Å². The van der Waals surface area contributed by atoms with Crippen LogP contribution in [-0.4, -0.2) is 19.0 Å². The molecule has 5 heteroatoms. The number of nitrogens with two attached hydrogens (primary N) is 1. The van der Waals surface area contributed by atoms with Crippen molar-refractivity contribution in [2.24, 2.45) is 5.73 Å². The van der Waals surface area contributed by atoms with E-state index >= 15 is 0 Å². The Labute approximate surface area is 152 Å². The fourth-order valence-electron chi connectivity index (χ4n) is 3.07. The Morgan fingerprint density at radius 3 is 2.85 bits per heavy atom. The number of carbonyl (C=O) groups excluding carboxylic acids is 2. The third-order valence-electron chi connectivity index (χ3n) is 4.49. The summed E-state index contributed by atoms with van der Waals surface area (Å²) in [6, 6.07) is 5.41. The zero-order valence-corrected chi connectivity index (χ0v) is 14.7. The zero-order chi connectivity index (χ0) is 18.5. The van der Waals surface area contributed by atoms with E-state index in [1.165, 1.54) is 5.57 Å². The smallest absolute Gasteiger partial charge is 0.334 e. The Balaban J connectivity index is 1.60. The van der Waals surface area contributed by atoms with E-state index < -0.39 is 0 Å². The number of fused-ring (bicyclic) bond motifs is 1. The van der Waals surface area contributed by atoms with Crippen LogP contribution in [0.25, 0.3) is 5.57 Å². The van der Waals surface area contributed by atoms with Crippen molar-refractivity contribution in [2.75, 3.05) is 6.61 Å². The number of hydrogen-bond acceptors (Lipinski definition) is 5. The van der Waals surface area contributed by atoms with Gasteiger partial charge in [-0.25, -0.2) is 4.79 Å². The Morgan fingerprint density at radius 1 is 1.27 bits per heavy atom. The summed E-state index contributed by atoms with van der Waals surface area (Å²) in [5, 5.41) is 0. The highest BCUT2D eigenvalue weighted by molar-refractivity contribution is 5.89. The van der Waals surface area contributed by atoms with Crippen molar-refractivity contribution in [1.29, 1.82) is 0 Å². The predicted octanol–water partition coefficient (Wildman–Crippen LogP) is 3.21. The van der Waals surface area contributed by atoms with Crippen molar-refractivity contribution in [2.45, 2.75) is 26.2 Å². The largest absolute Gasteiger partial charge is 0.458 e. The van der Waals surface area contributed by atoms with E-state index in [4.69, 9.17) is 15.2 Å². The Hall–Kier alpha value is -3.08. The molecule has 26 heavy (non-hydrogen) atoms. The molecule has 134 valence electrons. The molecule has 2 N–H and O–H groups in total. The normalized spacial score (nSPS) is 16.2. The average molecular weight is 351 g/mol.